The molecule has 0 spiro atoms. The number of hydrogen-bond acceptors (Lipinski definition) is 3. The third-order valence-corrected chi connectivity index (χ3v) is 3.12. The van der Waals surface area contributed by atoms with Crippen LogP contribution in [0.25, 0.3) is 0 Å². The fourth-order valence-corrected chi connectivity index (χ4v) is 2.15. The van der Waals surface area contributed by atoms with E-state index in [0.717, 1.165) is 23.5 Å². The fourth-order valence-electron chi connectivity index (χ4n) is 2.15. The molecular formula is C15H18O3. The molecule has 3 nitrogen and oxygen atoms in total. The Balaban J connectivity index is 2.44. The van der Waals surface area contributed by atoms with Gasteiger partial charge in [-0.2, -0.15) is 0 Å². The molecule has 0 saturated heterocycles. The van der Waals surface area contributed by atoms with Gasteiger partial charge in [-0.1, -0.05) is 24.3 Å². The third-order valence-electron chi connectivity index (χ3n) is 3.12. The molecule has 0 radical (unpaired) electrons. The van der Waals surface area contributed by atoms with E-state index in [-0.39, 0.29) is 0 Å². The van der Waals surface area contributed by atoms with Crippen LogP contribution in [0, 0.1) is 0 Å². The van der Waals surface area contributed by atoms with Gasteiger partial charge in [0.15, 0.2) is 11.5 Å². The number of ether oxygens (including phenoxy) is 3. The Kier molecular flexibility index (Phi) is 3.92. The van der Waals surface area contributed by atoms with Crippen molar-refractivity contribution in [2.24, 2.45) is 0 Å². The second kappa shape index (κ2) is 5.63. The quantitative estimate of drug-likeness (QED) is 0.815. The van der Waals surface area contributed by atoms with Crippen LogP contribution in [-0.4, -0.2) is 21.3 Å². The lowest BCUT2D eigenvalue weighted by atomic mass is 9.91. The lowest BCUT2D eigenvalue weighted by Crippen LogP contribution is -2.02. The number of rotatable bonds is 4. The molecule has 96 valence electrons. The Morgan fingerprint density at radius 3 is 2.11 bits per heavy atom. The van der Waals surface area contributed by atoms with Crippen LogP contribution >= 0.6 is 0 Å². The van der Waals surface area contributed by atoms with Crippen molar-refractivity contribution in [3.8, 4) is 17.2 Å². The van der Waals surface area contributed by atoms with Crippen molar-refractivity contribution in [1.29, 1.82) is 0 Å². The minimum absolute atomic E-state index is 0.324. The summed E-state index contributed by atoms with van der Waals surface area (Å²) in [7, 11) is 4.94. The molecule has 1 aliphatic carbocycles. The molecule has 0 amide bonds. The summed E-state index contributed by atoms with van der Waals surface area (Å²) in [6.45, 7) is 0. The van der Waals surface area contributed by atoms with Crippen LogP contribution in [0.4, 0.5) is 0 Å². The summed E-state index contributed by atoms with van der Waals surface area (Å²) >= 11 is 0. The lowest BCUT2D eigenvalue weighted by molar-refractivity contribution is 0.347. The summed E-state index contributed by atoms with van der Waals surface area (Å²) in [4.78, 5) is 0. The predicted octanol–water partition coefficient (Wildman–Crippen LogP) is 3.31. The first kappa shape index (κ1) is 12.6. The van der Waals surface area contributed by atoms with E-state index in [9.17, 15) is 0 Å². The molecule has 0 aromatic heterocycles. The van der Waals surface area contributed by atoms with Crippen molar-refractivity contribution in [2.75, 3.05) is 21.3 Å². The van der Waals surface area contributed by atoms with Gasteiger partial charge in [-0.15, -0.1) is 0 Å². The van der Waals surface area contributed by atoms with Crippen LogP contribution < -0.4 is 14.2 Å². The Bertz CT molecular complexity index is 475. The molecule has 2 rings (SSSR count). The van der Waals surface area contributed by atoms with Crippen molar-refractivity contribution in [1.82, 2.24) is 0 Å². The molecule has 3 heteroatoms. The maximum Gasteiger partial charge on any atom is 0.164 e. The number of allylic oxidation sites excluding steroid dienone is 4. The van der Waals surface area contributed by atoms with Gasteiger partial charge in [0, 0.05) is 17.5 Å². The van der Waals surface area contributed by atoms with E-state index in [1.807, 2.05) is 12.1 Å². The van der Waals surface area contributed by atoms with Gasteiger partial charge in [0.2, 0.25) is 0 Å². The van der Waals surface area contributed by atoms with Gasteiger partial charge in [-0.25, -0.2) is 0 Å². The van der Waals surface area contributed by atoms with Gasteiger partial charge >= 0.3 is 0 Å². The SMILES string of the molecule is COc1cc(OC)c(C2C=CC=CC2)cc1OC. The number of hydrogen-bond donors (Lipinski definition) is 0. The Hall–Kier alpha value is -1.90. The van der Waals surface area contributed by atoms with Crippen molar-refractivity contribution < 1.29 is 14.2 Å². The zero-order chi connectivity index (χ0) is 13.0. The van der Waals surface area contributed by atoms with Gasteiger partial charge in [0.05, 0.1) is 21.3 Å². The molecule has 0 saturated carbocycles. The zero-order valence-corrected chi connectivity index (χ0v) is 11.0. The molecule has 1 aromatic rings. The predicted molar refractivity (Wildman–Crippen MR) is 71.7 cm³/mol. The van der Waals surface area contributed by atoms with Crippen LogP contribution in [0.3, 0.4) is 0 Å². The third kappa shape index (κ3) is 2.35. The Morgan fingerprint density at radius 1 is 0.889 bits per heavy atom. The highest BCUT2D eigenvalue weighted by atomic mass is 16.5. The molecule has 0 aliphatic heterocycles. The summed E-state index contributed by atoms with van der Waals surface area (Å²) in [6, 6.07) is 3.87. The molecular weight excluding hydrogens is 228 g/mol. The van der Waals surface area contributed by atoms with Crippen LogP contribution in [0.2, 0.25) is 0 Å². The largest absolute Gasteiger partial charge is 0.496 e. The minimum Gasteiger partial charge on any atom is -0.496 e. The van der Waals surface area contributed by atoms with E-state index in [2.05, 4.69) is 24.3 Å². The van der Waals surface area contributed by atoms with Gasteiger partial charge in [0.1, 0.15) is 5.75 Å². The van der Waals surface area contributed by atoms with Crippen molar-refractivity contribution in [3.63, 3.8) is 0 Å². The Labute approximate surface area is 108 Å². The normalized spacial score (nSPS) is 17.6. The molecule has 0 N–H and O–H groups in total. The molecule has 0 bridgehead atoms. The molecule has 1 atom stereocenters. The molecule has 1 aliphatic rings. The summed E-state index contributed by atoms with van der Waals surface area (Å²) in [6.07, 6.45) is 9.42. The average Bonchev–Trinajstić information content (AvgIpc) is 2.46. The average molecular weight is 246 g/mol. The smallest absolute Gasteiger partial charge is 0.164 e. The monoisotopic (exact) mass is 246 g/mol. The summed E-state index contributed by atoms with van der Waals surface area (Å²) in [5.74, 6) is 2.58. The standard InChI is InChI=1S/C15H18O3/c1-16-13-10-15(18-3)14(17-2)9-12(13)11-7-5-4-6-8-11/h4-7,9-11H,8H2,1-3H3. The molecule has 18 heavy (non-hydrogen) atoms. The molecule has 1 unspecified atom stereocenters. The highest BCUT2D eigenvalue weighted by Gasteiger charge is 2.18. The highest BCUT2D eigenvalue weighted by Crippen LogP contribution is 2.40. The van der Waals surface area contributed by atoms with Crippen LogP contribution in [0.5, 0.6) is 17.2 Å². The first-order valence-corrected chi connectivity index (χ1v) is 5.93. The number of methoxy groups -OCH3 is 3. The van der Waals surface area contributed by atoms with E-state index < -0.39 is 0 Å². The van der Waals surface area contributed by atoms with Gasteiger partial charge in [0.25, 0.3) is 0 Å². The van der Waals surface area contributed by atoms with Gasteiger partial charge < -0.3 is 14.2 Å². The van der Waals surface area contributed by atoms with Gasteiger partial charge in [-0.3, -0.25) is 0 Å². The first-order valence-electron chi connectivity index (χ1n) is 5.93. The lowest BCUT2D eigenvalue weighted by Gasteiger charge is -2.19. The van der Waals surface area contributed by atoms with Crippen LogP contribution in [0.15, 0.2) is 36.4 Å². The van der Waals surface area contributed by atoms with Gasteiger partial charge in [-0.05, 0) is 12.5 Å². The topological polar surface area (TPSA) is 27.7 Å². The van der Waals surface area contributed by atoms with Crippen molar-refractivity contribution in [2.45, 2.75) is 12.3 Å². The summed E-state index contributed by atoms with van der Waals surface area (Å²) in [5.41, 5.74) is 1.12. The van der Waals surface area contributed by atoms with E-state index in [1.165, 1.54) is 0 Å². The minimum atomic E-state index is 0.324. The maximum atomic E-state index is 5.45. The van der Waals surface area contributed by atoms with E-state index >= 15 is 0 Å². The van der Waals surface area contributed by atoms with Crippen molar-refractivity contribution in [3.05, 3.63) is 42.0 Å². The Morgan fingerprint density at radius 2 is 1.56 bits per heavy atom. The highest BCUT2D eigenvalue weighted by molar-refractivity contribution is 5.53. The zero-order valence-electron chi connectivity index (χ0n) is 11.0. The number of benzene rings is 1. The van der Waals surface area contributed by atoms with Crippen LogP contribution in [-0.2, 0) is 0 Å². The molecule has 0 fully saturated rings. The molecule has 1 aromatic carbocycles. The second-order valence-corrected chi connectivity index (χ2v) is 4.10. The fraction of sp³-hybridized carbons (Fsp3) is 0.333. The van der Waals surface area contributed by atoms with E-state index in [4.69, 9.17) is 14.2 Å². The van der Waals surface area contributed by atoms with E-state index in [1.54, 1.807) is 21.3 Å². The first-order chi connectivity index (χ1) is 8.80. The van der Waals surface area contributed by atoms with E-state index in [0.29, 0.717) is 11.7 Å². The maximum absolute atomic E-state index is 5.45. The molecule has 0 heterocycles. The summed E-state index contributed by atoms with van der Waals surface area (Å²) < 4.78 is 16.1. The second-order valence-electron chi connectivity index (χ2n) is 4.10. The summed E-state index contributed by atoms with van der Waals surface area (Å²) in [5, 5.41) is 0. The van der Waals surface area contributed by atoms with Crippen LogP contribution in [0.1, 0.15) is 17.9 Å². The van der Waals surface area contributed by atoms with Crippen molar-refractivity contribution >= 4 is 0 Å².